The molecule has 5 rings (SSSR count). The van der Waals surface area contributed by atoms with Crippen LogP contribution in [0.3, 0.4) is 0 Å². The summed E-state index contributed by atoms with van der Waals surface area (Å²) in [5.41, 5.74) is 1.94. The zero-order chi connectivity index (χ0) is 34.6. The van der Waals surface area contributed by atoms with E-state index in [9.17, 15) is 27.6 Å². The van der Waals surface area contributed by atoms with Crippen LogP contribution in [0.25, 0.3) is 11.1 Å². The van der Waals surface area contributed by atoms with E-state index in [1.807, 2.05) is 17.9 Å². The van der Waals surface area contributed by atoms with E-state index in [1.54, 1.807) is 51.2 Å². The number of nitrogens with one attached hydrogen (secondary N) is 2. The Balaban J connectivity index is 1.23. The van der Waals surface area contributed by atoms with Crippen LogP contribution < -0.4 is 10.6 Å². The van der Waals surface area contributed by atoms with E-state index in [0.717, 1.165) is 36.1 Å². The Kier molecular flexibility index (Phi) is 10.4. The predicted octanol–water partition coefficient (Wildman–Crippen LogP) is 6.64. The van der Waals surface area contributed by atoms with Crippen LogP contribution in [0.4, 0.5) is 18.0 Å². The van der Waals surface area contributed by atoms with E-state index in [-0.39, 0.29) is 30.2 Å². The molecule has 0 saturated carbocycles. The number of amides is 3. The number of piperidine rings is 1. The Morgan fingerprint density at radius 1 is 1.00 bits per heavy atom. The van der Waals surface area contributed by atoms with Gasteiger partial charge in [0.25, 0.3) is 5.91 Å². The lowest BCUT2D eigenvalue weighted by molar-refractivity contribution is -0.151. The monoisotopic (exact) mass is 666 g/mol. The fraction of sp³-hybridized carbons (Fsp3) is 0.444. The van der Waals surface area contributed by atoms with Gasteiger partial charge in [0.2, 0.25) is 5.91 Å². The first-order chi connectivity index (χ1) is 22.7. The van der Waals surface area contributed by atoms with E-state index < -0.39 is 29.5 Å². The van der Waals surface area contributed by atoms with Gasteiger partial charge in [-0.3, -0.25) is 14.6 Å². The van der Waals surface area contributed by atoms with Gasteiger partial charge in [-0.1, -0.05) is 30.3 Å². The van der Waals surface area contributed by atoms with E-state index in [1.165, 1.54) is 12.3 Å². The summed E-state index contributed by atoms with van der Waals surface area (Å²) in [7, 11) is 0. The molecule has 0 spiro atoms. The number of hydrogen-bond acceptors (Lipinski definition) is 6. The number of ether oxygens (including phenoxy) is 2. The third-order valence-electron chi connectivity index (χ3n) is 8.62. The molecule has 3 heterocycles. The normalized spacial score (nSPS) is 16.5. The molecule has 2 aliphatic rings. The summed E-state index contributed by atoms with van der Waals surface area (Å²) < 4.78 is 51.2. The van der Waals surface area contributed by atoms with Crippen molar-refractivity contribution in [2.75, 3.05) is 26.3 Å². The van der Waals surface area contributed by atoms with Crippen molar-refractivity contribution >= 4 is 17.9 Å². The van der Waals surface area contributed by atoms with E-state index in [4.69, 9.17) is 9.47 Å². The van der Waals surface area contributed by atoms with Gasteiger partial charge in [-0.15, -0.1) is 0 Å². The topological polar surface area (TPSA) is 110 Å². The number of alkyl carbamates (subject to hydrolysis) is 1. The number of likely N-dealkylation sites (tertiary alicyclic amines) is 1. The van der Waals surface area contributed by atoms with E-state index >= 15 is 0 Å². The highest BCUT2D eigenvalue weighted by atomic mass is 19.4. The van der Waals surface area contributed by atoms with Crippen molar-refractivity contribution in [3.8, 4) is 11.1 Å². The smallest absolute Gasteiger partial charge is 0.416 e. The van der Waals surface area contributed by atoms with Gasteiger partial charge >= 0.3 is 12.3 Å². The van der Waals surface area contributed by atoms with Crippen molar-refractivity contribution in [3.63, 3.8) is 0 Å². The molecule has 0 bridgehead atoms. The molecule has 1 aromatic heterocycles. The van der Waals surface area contributed by atoms with Crippen LogP contribution in [0.15, 0.2) is 60.9 Å². The lowest BCUT2D eigenvalue weighted by Crippen LogP contribution is -2.47. The van der Waals surface area contributed by atoms with Crippen LogP contribution in [0.2, 0.25) is 0 Å². The number of carbonyl (C=O) groups excluding carboxylic acids is 3. The average molecular weight is 667 g/mol. The average Bonchev–Trinajstić information content (AvgIpc) is 3.02. The highest BCUT2D eigenvalue weighted by Crippen LogP contribution is 2.35. The molecule has 2 saturated heterocycles. The van der Waals surface area contributed by atoms with Crippen molar-refractivity contribution in [1.29, 1.82) is 0 Å². The third-order valence-corrected chi connectivity index (χ3v) is 8.62. The van der Waals surface area contributed by atoms with Gasteiger partial charge in [-0.2, -0.15) is 13.2 Å². The van der Waals surface area contributed by atoms with Gasteiger partial charge in [-0.05, 0) is 92.5 Å². The van der Waals surface area contributed by atoms with Gasteiger partial charge < -0.3 is 25.0 Å². The minimum absolute atomic E-state index is 0.0281. The second-order valence-electron chi connectivity index (χ2n) is 13.4. The summed E-state index contributed by atoms with van der Waals surface area (Å²) in [6.45, 7) is 9.26. The Hall–Kier alpha value is -4.45. The van der Waals surface area contributed by atoms with Gasteiger partial charge in [0.1, 0.15) is 5.60 Å². The fourth-order valence-electron chi connectivity index (χ4n) is 5.85. The predicted molar refractivity (Wildman–Crippen MR) is 173 cm³/mol. The molecule has 2 fully saturated rings. The maximum atomic E-state index is 13.6. The SMILES string of the molecule is C[C@@H](NC(=O)c1cncc(C2CCN(C(=O)C3COC3)CC2)c1)c1ccc(-c2cc(C(F)(F)F)ccc2CNC(=O)OC(C)(C)C)cc1. The van der Waals surface area contributed by atoms with Crippen LogP contribution in [-0.2, 0) is 27.0 Å². The Labute approximate surface area is 278 Å². The number of carbonyl (C=O) groups is 3. The number of pyridine rings is 1. The van der Waals surface area contributed by atoms with Crippen LogP contribution in [0, 0.1) is 5.92 Å². The van der Waals surface area contributed by atoms with Crippen LogP contribution in [-0.4, -0.2) is 59.7 Å². The van der Waals surface area contributed by atoms with Crippen molar-refractivity contribution in [3.05, 3.63) is 88.7 Å². The number of benzene rings is 2. The second kappa shape index (κ2) is 14.3. The summed E-state index contributed by atoms with van der Waals surface area (Å²) in [6.07, 6.45) is -0.348. The maximum Gasteiger partial charge on any atom is 0.416 e. The molecular formula is C36H41F3N4O5. The summed E-state index contributed by atoms with van der Waals surface area (Å²) in [6, 6.07) is 11.7. The molecule has 2 aromatic carbocycles. The second-order valence-corrected chi connectivity index (χ2v) is 13.4. The number of hydrogen-bond donors (Lipinski definition) is 2. The summed E-state index contributed by atoms with van der Waals surface area (Å²) in [4.78, 5) is 44.2. The molecule has 3 amide bonds. The van der Waals surface area contributed by atoms with Gasteiger partial charge in [0.05, 0.1) is 36.3 Å². The molecular weight excluding hydrogens is 625 g/mol. The van der Waals surface area contributed by atoms with Crippen LogP contribution in [0.1, 0.15) is 85.1 Å². The molecule has 9 nitrogen and oxygen atoms in total. The molecule has 0 aliphatic carbocycles. The van der Waals surface area contributed by atoms with Gasteiger partial charge in [0, 0.05) is 32.0 Å². The van der Waals surface area contributed by atoms with Gasteiger partial charge in [0.15, 0.2) is 0 Å². The molecule has 2 aliphatic heterocycles. The zero-order valence-corrected chi connectivity index (χ0v) is 27.5. The number of aromatic nitrogens is 1. The van der Waals surface area contributed by atoms with E-state index in [2.05, 4.69) is 15.6 Å². The molecule has 2 N–H and O–H groups in total. The molecule has 1 atom stereocenters. The zero-order valence-electron chi connectivity index (χ0n) is 27.5. The number of rotatable bonds is 8. The van der Waals surface area contributed by atoms with Crippen molar-refractivity contribution < 1.29 is 37.0 Å². The first kappa shape index (κ1) is 34.9. The maximum absolute atomic E-state index is 13.6. The summed E-state index contributed by atoms with van der Waals surface area (Å²) >= 11 is 0. The van der Waals surface area contributed by atoms with Crippen molar-refractivity contribution in [1.82, 2.24) is 20.5 Å². The Bertz CT molecular complexity index is 1630. The largest absolute Gasteiger partial charge is 0.444 e. The standard InChI is InChI=1S/C36H41F3N4O5/c1-22(42-32(44)28-15-27(17-40-18-28)24-11-13-43(14-12-24)33(45)29-20-47-21-29)23-5-7-25(8-6-23)31-16-30(36(37,38)39)10-9-26(31)19-41-34(46)48-35(2,3)4/h5-10,15-18,22,24,29H,11-14,19-21H2,1-4H3,(H,41,46)(H,42,44)/t22-/m1/s1. The van der Waals surface area contributed by atoms with Crippen LogP contribution in [0.5, 0.6) is 0 Å². The van der Waals surface area contributed by atoms with E-state index in [0.29, 0.717) is 48.6 Å². The lowest BCUT2D eigenvalue weighted by Gasteiger charge is -2.36. The number of nitrogens with zero attached hydrogens (tertiary/aromatic N) is 2. The molecule has 3 aromatic rings. The first-order valence-corrected chi connectivity index (χ1v) is 16.1. The van der Waals surface area contributed by atoms with Crippen LogP contribution >= 0.6 is 0 Å². The first-order valence-electron chi connectivity index (χ1n) is 16.1. The molecule has 48 heavy (non-hydrogen) atoms. The third kappa shape index (κ3) is 8.71. The highest BCUT2D eigenvalue weighted by Gasteiger charge is 2.33. The van der Waals surface area contributed by atoms with Crippen molar-refractivity contribution in [2.45, 2.75) is 70.8 Å². The molecule has 0 radical (unpaired) electrons. The number of alkyl halides is 3. The Morgan fingerprint density at radius 3 is 2.29 bits per heavy atom. The quantitative estimate of drug-likeness (QED) is 0.279. The van der Waals surface area contributed by atoms with Crippen molar-refractivity contribution in [2.24, 2.45) is 5.92 Å². The minimum atomic E-state index is -4.54. The molecule has 0 unspecified atom stereocenters. The molecule has 12 heteroatoms. The Morgan fingerprint density at radius 2 is 1.69 bits per heavy atom. The summed E-state index contributed by atoms with van der Waals surface area (Å²) in [5.74, 6) is 0.0157. The lowest BCUT2D eigenvalue weighted by atomic mass is 9.89. The fourth-order valence-corrected chi connectivity index (χ4v) is 5.85. The van der Waals surface area contributed by atoms with Gasteiger partial charge in [-0.25, -0.2) is 4.79 Å². The summed E-state index contributed by atoms with van der Waals surface area (Å²) in [5, 5.41) is 5.60. The molecule has 256 valence electrons. The highest BCUT2D eigenvalue weighted by molar-refractivity contribution is 5.94. The number of halogens is 3. The minimum Gasteiger partial charge on any atom is -0.444 e.